The zero-order valence-electron chi connectivity index (χ0n) is 118. The Morgan fingerprint density at radius 1 is 0.294 bits per heavy atom. The summed E-state index contributed by atoms with van der Waals surface area (Å²) in [6, 6.07) is 26.9. The van der Waals surface area contributed by atoms with E-state index in [1.54, 1.807) is 118 Å². The Labute approximate surface area is 804 Å². The number of fused-ring (bicyclic) bond motifs is 6. The summed E-state index contributed by atoms with van der Waals surface area (Å²) in [5, 5.41) is 6.92. The number of hydrogen-bond acceptors (Lipinski definition) is 18. The third-order valence-corrected chi connectivity index (χ3v) is 19.9. The number of hydrogen-bond donors (Lipinski definition) is 12. The van der Waals surface area contributed by atoms with Gasteiger partial charge in [-0.25, -0.2) is 28.8 Å². The third kappa shape index (κ3) is 26.5. The van der Waals surface area contributed by atoms with Crippen molar-refractivity contribution >= 4 is 102 Å². The lowest BCUT2D eigenvalue weighted by Crippen LogP contribution is -2.28. The number of ether oxygens (including phenoxy) is 6. The highest BCUT2D eigenvalue weighted by Gasteiger charge is 2.29. The molecule has 6 aliphatic heterocycles. The molecular formula is C96H126N18O12. The molecule has 0 radical (unpaired) electrons. The Morgan fingerprint density at radius 2 is 0.508 bits per heavy atom. The van der Waals surface area contributed by atoms with Gasteiger partial charge in [-0.1, -0.05) is 36.4 Å². The number of nitrogens with zero attached hydrogens (tertiary/aromatic N) is 6. The van der Waals surface area contributed by atoms with Crippen LogP contribution < -0.4 is 31.9 Å². The number of aromatic amines is 6. The average Bonchev–Trinajstić information content (AvgIpc) is 1.59. The first kappa shape index (κ1) is 48.0. The van der Waals surface area contributed by atoms with Crippen LogP contribution in [0.2, 0.25) is 16.9 Å². The molecule has 126 heavy (non-hydrogen) atoms. The molecule has 12 heterocycles. The molecule has 0 saturated carbocycles. The van der Waals surface area contributed by atoms with Crippen LogP contribution in [0, 0.1) is 0 Å². The lowest BCUT2D eigenvalue weighted by atomic mass is 10.0. The van der Waals surface area contributed by atoms with Crippen LogP contribution in [0.4, 0.5) is 28.8 Å². The van der Waals surface area contributed by atoms with Crippen molar-refractivity contribution in [1.29, 1.82) is 0 Å². The maximum atomic E-state index is 11.4. The van der Waals surface area contributed by atoms with E-state index < -0.39 is 179 Å². The summed E-state index contributed by atoms with van der Waals surface area (Å²) < 4.78 is 407. The van der Waals surface area contributed by atoms with Gasteiger partial charge in [0.25, 0.3) is 0 Å². The molecule has 6 saturated heterocycles. The van der Waals surface area contributed by atoms with Crippen LogP contribution in [0.1, 0.15) is 116 Å². The number of amides is 6. The first-order valence-corrected chi connectivity index (χ1v) is 39.8. The van der Waals surface area contributed by atoms with Crippen molar-refractivity contribution < 1.29 is 123 Å². The van der Waals surface area contributed by atoms with Gasteiger partial charge in [0.1, 0.15) is 39.6 Å². The van der Waals surface area contributed by atoms with Gasteiger partial charge >= 0.3 is 36.6 Å². The minimum Gasteiger partial charge on any atom is -0.447 e. The number of H-pyrrole nitrogens is 6. The van der Waals surface area contributed by atoms with Crippen LogP contribution in [0.5, 0.6) is 0 Å². The van der Waals surface area contributed by atoms with Crippen molar-refractivity contribution in [3.05, 3.63) is 213 Å². The van der Waals surface area contributed by atoms with Gasteiger partial charge in [-0.2, -0.15) is 0 Å². The fourth-order valence-corrected chi connectivity index (χ4v) is 13.9. The van der Waals surface area contributed by atoms with Gasteiger partial charge in [-0.05, 0) is 301 Å². The normalized spacial score (nSPS) is 25.5. The van der Waals surface area contributed by atoms with Crippen LogP contribution in [0.25, 0.3) is 65.4 Å². The molecule has 6 amide bonds. The minimum atomic E-state index is -3.27. The number of nitrogens with one attached hydrogen (secondary N) is 12. The van der Waals surface area contributed by atoms with Gasteiger partial charge in [0.15, 0.2) is 16.9 Å². The molecule has 6 aromatic heterocycles. The van der Waals surface area contributed by atoms with Crippen molar-refractivity contribution in [1.82, 2.24) is 91.1 Å². The molecule has 18 rings (SSSR count). The van der Waals surface area contributed by atoms with Crippen LogP contribution in [-0.2, 0) is 105 Å². The van der Waals surface area contributed by atoms with E-state index in [0.29, 0.717) is 112 Å². The number of aryl methyl sites for hydroxylation is 3. The maximum absolute atomic E-state index is 11.4. The van der Waals surface area contributed by atoms with Crippen LogP contribution >= 0.6 is 0 Å². The Bertz CT molecular complexity index is 7980. The molecule has 672 valence electrons. The molecule has 6 fully saturated rings. The second-order valence-electron chi connectivity index (χ2n) is 30.4. The maximum Gasteiger partial charge on any atom is 0.407 e. The molecule has 6 aromatic carbocycles. The number of likely N-dealkylation sites (N-methyl/N-ethyl adjacent to an activating group) is 6. The monoisotopic (exact) mass is 1770 g/mol. The third-order valence-electron chi connectivity index (χ3n) is 19.9. The fourth-order valence-electron chi connectivity index (χ4n) is 13.9. The van der Waals surface area contributed by atoms with Gasteiger partial charge in [-0.3, -0.25) is 0 Å². The first-order valence-electron chi connectivity index (χ1n) is 63.1. The van der Waals surface area contributed by atoms with E-state index in [2.05, 4.69) is 0 Å². The van der Waals surface area contributed by atoms with Crippen molar-refractivity contribution in [2.45, 2.75) is 113 Å². The highest BCUT2D eigenvalue weighted by atomic mass is 16.6. The van der Waals surface area contributed by atoms with E-state index >= 15 is 0 Å². The predicted octanol–water partition coefficient (Wildman–Crippen LogP) is 11.5. The van der Waals surface area contributed by atoms with E-state index in [1.807, 2.05) is 6.07 Å². The summed E-state index contributed by atoms with van der Waals surface area (Å²) in [6.45, 7) is -25.7. The van der Waals surface area contributed by atoms with Gasteiger partial charge in [0.2, 0.25) is 0 Å². The summed E-state index contributed by atoms with van der Waals surface area (Å²) >= 11 is 0. The summed E-state index contributed by atoms with van der Waals surface area (Å²) in [5.74, 6) is 0. The van der Waals surface area contributed by atoms with Crippen molar-refractivity contribution in [3.8, 4) is 0 Å². The van der Waals surface area contributed by atoms with E-state index in [0.717, 1.165) is 74.8 Å². The summed E-state index contributed by atoms with van der Waals surface area (Å²) in [5.41, 5.74) is 6.83. The molecule has 30 heteroatoms. The van der Waals surface area contributed by atoms with Crippen LogP contribution in [0.3, 0.4) is 0 Å². The standard InChI is InChI=1S/6C16H21N3O2/c6*1-19(2)6-5-12-9-17-15-4-3-11(8-14(12)15)7-13-10-21-16(20)18-13/h6*3-4,8-9,13,17H,5-7,10H2,1-2H3,(H,18,20)/t6*13-/m000000/s1/i1D3,2D3,6D2,9D;1D3,2D3,5D2,9D;1D3,6D2,9D;1D3,5D2,9D;6D2,9D;5D2,9D/hD12. The molecule has 12 aromatic rings. The summed E-state index contributed by atoms with van der Waals surface area (Å²) in [6.07, 6.45) is -12.0. The van der Waals surface area contributed by atoms with Gasteiger partial charge in [0, 0.05) is 183 Å². The predicted molar refractivity (Wildman–Crippen MR) is 495 cm³/mol. The number of alkyl carbamates (subject to hydrolysis) is 6. The second kappa shape index (κ2) is 43.7. The van der Waals surface area contributed by atoms with Gasteiger partial charge in [-0.15, -0.1) is 0 Å². The quantitative estimate of drug-likeness (QED) is 0.0186. The SMILES string of the molecule is [2H]c1c(C([2H])([2H])CN(C([2H])([2H])[2H])C([2H])([2H])[2H])c2cc(C[C@H]3COC(=O)N3[2H])ccc2n1[2H].[2H]c1c(C([2H])([2H])CN(C)C([2H])([2H])[2H])c2cc(C[C@H]3COC(=O)N3[2H])ccc2n1[2H].[2H]c1c(C([2H])([2H])CN(C)C)c2cc(C[C@H]3COC(=O)N3[2H])ccc2n1[2H].[2H]c1c(CC([2H])([2H])N(C([2H])([2H])[2H])C([2H])([2H])[2H])c2cc(C[C@H]3COC(=O)N3[2H])ccc2n1[2H].[2H]c1c(CC([2H])([2H])N(C)C([2H])([2H])[2H])c2cc(C[C@H]3COC(=O)N3[2H])ccc2n1[2H].[2H]c1c(CC([2H])([2H])N(C)C)c2cc(C[C@H]3COC(=O)N3[2H])ccc2n1[2H]. The van der Waals surface area contributed by atoms with Gasteiger partial charge in [0.05, 0.1) is 44.5 Å². The Balaban J connectivity index is 0.000000171. The molecule has 0 bridgehead atoms. The number of benzene rings is 6. The molecule has 12 N–H and O–H groups in total. The number of carbonyl (C=O) groups excluding carboxylic acids is 6. The molecule has 6 aliphatic rings. The van der Waals surface area contributed by atoms with E-state index in [1.165, 1.54) is 30.1 Å². The van der Waals surface area contributed by atoms with Crippen molar-refractivity contribution in [2.24, 2.45) is 0 Å². The highest BCUT2D eigenvalue weighted by molar-refractivity contribution is 5.88. The van der Waals surface area contributed by atoms with Crippen LogP contribution in [0.15, 0.2) is 146 Å². The number of carbonyl (C=O) groups is 6. The first-order chi connectivity index (χ1) is 80.0. The summed E-state index contributed by atoms with van der Waals surface area (Å²) in [7, 11) is 9.21. The molecule has 30 nitrogen and oxygen atoms in total. The van der Waals surface area contributed by atoms with E-state index in [4.69, 9.17) is 94.7 Å². The largest absolute Gasteiger partial charge is 0.447 e. The Kier molecular flexibility index (Phi) is 16.7. The molecular weight excluding hydrogens is 1600 g/mol. The average molecular weight is 1770 g/mol. The smallest absolute Gasteiger partial charge is 0.407 e. The molecule has 0 unspecified atom stereocenters. The molecule has 0 spiro atoms. The van der Waals surface area contributed by atoms with Gasteiger partial charge < -0.3 is 120 Å². The Morgan fingerprint density at radius 3 is 0.730 bits per heavy atom. The highest BCUT2D eigenvalue weighted by Crippen LogP contribution is 2.29. The zero-order valence-corrected chi connectivity index (χ0v) is 69.5. The molecule has 6 atom stereocenters. The lowest BCUT2D eigenvalue weighted by molar-refractivity contribution is 0.176. The second-order valence-corrected chi connectivity index (χ2v) is 30.4. The zero-order chi connectivity index (χ0) is 130. The number of aromatic nitrogens is 6. The summed E-state index contributed by atoms with van der Waals surface area (Å²) in [4.78, 5) is 77.8. The lowest BCUT2D eigenvalue weighted by Gasteiger charge is -2.09. The number of cyclic esters (lactones) is 6. The van der Waals surface area contributed by atoms with Crippen molar-refractivity contribution in [3.63, 3.8) is 0 Å². The Hall–Kier alpha value is -12.1. The minimum absolute atomic E-state index is 0.00330. The topological polar surface area (TPSA) is 344 Å². The van der Waals surface area contributed by atoms with E-state index in [-0.39, 0.29) is 162 Å². The van der Waals surface area contributed by atoms with Crippen molar-refractivity contribution in [2.75, 3.05) is 163 Å². The fraction of sp³-hybridized carbons (Fsp3) is 0.438. The van der Waals surface area contributed by atoms with E-state index in [9.17, 15) is 28.8 Å². The van der Waals surface area contributed by atoms with Crippen LogP contribution in [-0.4, -0.2) is 295 Å². The number of rotatable bonds is 30. The molecule has 0 aliphatic carbocycles.